The van der Waals surface area contributed by atoms with Crippen LogP contribution in [0.25, 0.3) is 0 Å². The van der Waals surface area contributed by atoms with Gasteiger partial charge in [-0.15, -0.1) is 0 Å². The van der Waals surface area contributed by atoms with Gasteiger partial charge < -0.3 is 10.8 Å². The summed E-state index contributed by atoms with van der Waals surface area (Å²) in [6.45, 7) is 0. The number of nitrogens with zero attached hydrogens (tertiary/aromatic N) is 2. The minimum atomic E-state index is -0.838. The third-order valence-corrected chi connectivity index (χ3v) is 3.45. The number of nitrogen functional groups attached to an aromatic ring is 1. The van der Waals surface area contributed by atoms with E-state index in [4.69, 9.17) is 10.8 Å². The number of carboxylic acid groups (broad SMARTS) is 1. The molecule has 0 amide bonds. The van der Waals surface area contributed by atoms with Gasteiger partial charge in [-0.25, -0.2) is 9.97 Å². The molecule has 1 aliphatic rings. The van der Waals surface area contributed by atoms with Gasteiger partial charge in [-0.1, -0.05) is 0 Å². The van der Waals surface area contributed by atoms with Crippen molar-refractivity contribution in [2.75, 3.05) is 11.5 Å². The lowest BCUT2D eigenvalue weighted by Crippen LogP contribution is -2.13. The fraction of sp³-hybridized carbons (Fsp3) is 0.500. The van der Waals surface area contributed by atoms with Gasteiger partial charge >= 0.3 is 5.97 Å². The molecule has 1 aromatic rings. The largest absolute Gasteiger partial charge is 0.481 e. The van der Waals surface area contributed by atoms with E-state index in [-0.39, 0.29) is 6.42 Å². The zero-order valence-electron chi connectivity index (χ0n) is 8.77. The number of nitrogens with two attached hydrogens (primary N) is 1. The maximum atomic E-state index is 10.5. The lowest BCUT2D eigenvalue weighted by molar-refractivity contribution is -0.137. The topological polar surface area (TPSA) is 89.1 Å². The number of hydrogen-bond donors (Lipinski definition) is 2. The Morgan fingerprint density at radius 3 is 3.06 bits per heavy atom. The number of hydrogen-bond acceptors (Lipinski definition) is 5. The van der Waals surface area contributed by atoms with Gasteiger partial charge in [0.1, 0.15) is 11.6 Å². The summed E-state index contributed by atoms with van der Waals surface area (Å²) in [5.74, 6) is 2.13. The smallest absolute Gasteiger partial charge is 0.303 e. The fourth-order valence-electron chi connectivity index (χ4n) is 1.64. The third kappa shape index (κ3) is 2.44. The summed E-state index contributed by atoms with van der Waals surface area (Å²) in [5, 5.41) is 8.59. The Bertz CT molecular complexity index is 423. The Balaban J connectivity index is 2.21. The van der Waals surface area contributed by atoms with E-state index >= 15 is 0 Å². The van der Waals surface area contributed by atoms with Gasteiger partial charge in [0.2, 0.25) is 0 Å². The molecule has 16 heavy (non-hydrogen) atoms. The average molecular weight is 239 g/mol. The van der Waals surface area contributed by atoms with Gasteiger partial charge in [0.25, 0.3) is 0 Å². The van der Waals surface area contributed by atoms with Gasteiger partial charge in [-0.05, 0) is 12.2 Å². The van der Waals surface area contributed by atoms with Crippen LogP contribution in [0, 0.1) is 0 Å². The second kappa shape index (κ2) is 4.69. The summed E-state index contributed by atoms with van der Waals surface area (Å²) in [7, 11) is 0. The first kappa shape index (κ1) is 11.2. The van der Waals surface area contributed by atoms with Crippen LogP contribution in [0.15, 0.2) is 0 Å². The highest BCUT2D eigenvalue weighted by molar-refractivity contribution is 7.98. The van der Waals surface area contributed by atoms with Crippen molar-refractivity contribution in [2.45, 2.75) is 25.0 Å². The highest BCUT2D eigenvalue weighted by atomic mass is 32.2. The standard InChI is InChI=1S/C10H13N3O2S/c11-10-6-5-16-4-3-7(6)12-8(13-10)1-2-9(14)15/h1-5H2,(H,14,15)(H2,11,12,13). The van der Waals surface area contributed by atoms with E-state index in [9.17, 15) is 4.79 Å². The first-order valence-electron chi connectivity index (χ1n) is 5.10. The molecule has 0 saturated carbocycles. The van der Waals surface area contributed by atoms with Gasteiger partial charge in [0.15, 0.2) is 0 Å². The number of fused-ring (bicyclic) bond motifs is 1. The maximum Gasteiger partial charge on any atom is 0.303 e. The van der Waals surface area contributed by atoms with Crippen molar-refractivity contribution in [2.24, 2.45) is 0 Å². The number of carboxylic acids is 1. The molecule has 6 heteroatoms. The molecule has 5 nitrogen and oxygen atoms in total. The first-order chi connectivity index (χ1) is 7.66. The van der Waals surface area contributed by atoms with Crippen LogP contribution in [-0.2, 0) is 23.4 Å². The molecule has 1 aromatic heterocycles. The molecule has 2 heterocycles. The number of rotatable bonds is 3. The molecular weight excluding hydrogens is 226 g/mol. The number of anilines is 1. The summed E-state index contributed by atoms with van der Waals surface area (Å²) in [6.07, 6.45) is 1.29. The minimum Gasteiger partial charge on any atom is -0.481 e. The zero-order valence-corrected chi connectivity index (χ0v) is 9.59. The van der Waals surface area contributed by atoms with Crippen molar-refractivity contribution >= 4 is 23.5 Å². The maximum absolute atomic E-state index is 10.5. The van der Waals surface area contributed by atoms with Crippen molar-refractivity contribution in [3.63, 3.8) is 0 Å². The summed E-state index contributed by atoms with van der Waals surface area (Å²) < 4.78 is 0. The average Bonchev–Trinajstić information content (AvgIpc) is 2.26. The van der Waals surface area contributed by atoms with Crippen LogP contribution in [0.5, 0.6) is 0 Å². The molecule has 0 unspecified atom stereocenters. The molecule has 0 aliphatic carbocycles. The number of thioether (sulfide) groups is 1. The number of aliphatic carboxylic acids is 1. The predicted molar refractivity (Wildman–Crippen MR) is 62.3 cm³/mol. The van der Waals surface area contributed by atoms with Crippen LogP contribution >= 0.6 is 11.8 Å². The summed E-state index contributed by atoms with van der Waals surface area (Å²) >= 11 is 1.82. The molecule has 0 spiro atoms. The Morgan fingerprint density at radius 2 is 2.31 bits per heavy atom. The van der Waals surface area contributed by atoms with E-state index in [1.54, 1.807) is 0 Å². The van der Waals surface area contributed by atoms with Crippen molar-refractivity contribution in [3.05, 3.63) is 17.1 Å². The van der Waals surface area contributed by atoms with Crippen LogP contribution in [0.4, 0.5) is 5.82 Å². The van der Waals surface area contributed by atoms with Crippen molar-refractivity contribution in [1.82, 2.24) is 9.97 Å². The van der Waals surface area contributed by atoms with E-state index in [0.29, 0.717) is 18.1 Å². The molecule has 0 radical (unpaired) electrons. The quantitative estimate of drug-likeness (QED) is 0.813. The summed E-state index contributed by atoms with van der Waals surface area (Å²) in [5.41, 5.74) is 7.85. The Kier molecular flexibility index (Phi) is 3.28. The molecule has 86 valence electrons. The van der Waals surface area contributed by atoms with Crippen LogP contribution in [-0.4, -0.2) is 26.8 Å². The van der Waals surface area contributed by atoms with Crippen molar-refractivity contribution in [1.29, 1.82) is 0 Å². The summed E-state index contributed by atoms with van der Waals surface area (Å²) in [4.78, 5) is 19.0. The molecule has 3 N–H and O–H groups in total. The molecule has 0 bridgehead atoms. The SMILES string of the molecule is Nc1nc(CCC(=O)O)nc2c1CSCC2. The summed E-state index contributed by atoms with van der Waals surface area (Å²) in [6, 6.07) is 0. The van der Waals surface area contributed by atoms with Gasteiger partial charge in [0, 0.05) is 17.7 Å². The van der Waals surface area contributed by atoms with Crippen LogP contribution in [0.1, 0.15) is 23.5 Å². The van der Waals surface area contributed by atoms with Crippen LogP contribution in [0.2, 0.25) is 0 Å². The molecule has 1 aliphatic heterocycles. The monoisotopic (exact) mass is 239 g/mol. The van der Waals surface area contributed by atoms with Gasteiger partial charge in [-0.3, -0.25) is 4.79 Å². The lowest BCUT2D eigenvalue weighted by atomic mass is 10.1. The second-order valence-corrected chi connectivity index (χ2v) is 4.75. The van der Waals surface area contributed by atoms with Crippen LogP contribution in [0.3, 0.4) is 0 Å². The molecule has 0 saturated heterocycles. The minimum absolute atomic E-state index is 0.0486. The Labute approximate surface area is 97.5 Å². The lowest BCUT2D eigenvalue weighted by Gasteiger charge is -2.16. The molecule has 0 fully saturated rings. The Hall–Kier alpha value is -1.30. The van der Waals surface area contributed by atoms with E-state index < -0.39 is 5.97 Å². The van der Waals surface area contributed by atoms with E-state index in [1.165, 1.54) is 0 Å². The molecular formula is C10H13N3O2S. The fourth-order valence-corrected chi connectivity index (χ4v) is 2.64. The molecule has 2 rings (SSSR count). The highest BCUT2D eigenvalue weighted by Crippen LogP contribution is 2.26. The molecule has 0 aromatic carbocycles. The zero-order chi connectivity index (χ0) is 11.5. The van der Waals surface area contributed by atoms with Crippen LogP contribution < -0.4 is 5.73 Å². The van der Waals surface area contributed by atoms with Crippen molar-refractivity contribution in [3.8, 4) is 0 Å². The highest BCUT2D eigenvalue weighted by Gasteiger charge is 2.16. The number of aromatic nitrogens is 2. The van der Waals surface area contributed by atoms with Crippen molar-refractivity contribution < 1.29 is 9.90 Å². The number of aryl methyl sites for hydroxylation is 2. The van der Waals surface area contributed by atoms with Gasteiger partial charge in [-0.2, -0.15) is 11.8 Å². The Morgan fingerprint density at radius 1 is 1.50 bits per heavy atom. The van der Waals surface area contributed by atoms with E-state index in [1.807, 2.05) is 11.8 Å². The van der Waals surface area contributed by atoms with E-state index in [0.717, 1.165) is 29.2 Å². The predicted octanol–water partition coefficient (Wildman–Crippen LogP) is 0.865. The normalized spacial score (nSPS) is 14.5. The van der Waals surface area contributed by atoms with Gasteiger partial charge in [0.05, 0.1) is 12.1 Å². The van der Waals surface area contributed by atoms with E-state index in [2.05, 4.69) is 9.97 Å². The number of carbonyl (C=O) groups is 1. The first-order valence-corrected chi connectivity index (χ1v) is 6.26. The molecule has 0 atom stereocenters. The second-order valence-electron chi connectivity index (χ2n) is 3.65. The third-order valence-electron chi connectivity index (χ3n) is 2.46.